The van der Waals surface area contributed by atoms with E-state index >= 15 is 0 Å². The number of aliphatic imine (C=N–C) groups is 1. The Hall–Kier alpha value is -1.75. The lowest BCUT2D eigenvalue weighted by Gasteiger charge is -2.34. The molecule has 104 valence electrons. The summed E-state index contributed by atoms with van der Waals surface area (Å²) in [5.41, 5.74) is 6.93. The van der Waals surface area contributed by atoms with Crippen molar-refractivity contribution in [3.63, 3.8) is 0 Å². The van der Waals surface area contributed by atoms with Crippen LogP contribution in [0, 0.1) is 0 Å². The zero-order chi connectivity index (χ0) is 14.2. The normalized spacial score (nSPS) is 22.1. The van der Waals surface area contributed by atoms with E-state index in [9.17, 15) is 0 Å². The van der Waals surface area contributed by atoms with Gasteiger partial charge < -0.3 is 15.1 Å². The Kier molecular flexibility index (Phi) is 3.30. The lowest BCUT2D eigenvalue weighted by atomic mass is 9.97. The third kappa shape index (κ3) is 2.22. The van der Waals surface area contributed by atoms with Crippen LogP contribution >= 0.6 is 15.9 Å². The molecule has 2 N–H and O–H groups in total. The van der Waals surface area contributed by atoms with E-state index in [1.807, 2.05) is 30.3 Å². The summed E-state index contributed by atoms with van der Waals surface area (Å²) in [6.45, 7) is 3.42. The van der Waals surface area contributed by atoms with E-state index in [-0.39, 0.29) is 5.54 Å². The maximum absolute atomic E-state index is 6.07. The molecule has 0 spiro atoms. The molecule has 0 radical (unpaired) electrons. The molecule has 0 bridgehead atoms. The SMILES string of the molecule is CC1(c2ccc(Br)o2)CN=C(N)N1Cc1ccccc1. The average Bonchev–Trinajstić information content (AvgIpc) is 3.00. The first kappa shape index (κ1) is 13.2. The van der Waals surface area contributed by atoms with Gasteiger partial charge in [0.2, 0.25) is 0 Å². The molecule has 2 heterocycles. The summed E-state index contributed by atoms with van der Waals surface area (Å²) in [5.74, 6) is 1.42. The highest BCUT2D eigenvalue weighted by atomic mass is 79.9. The van der Waals surface area contributed by atoms with Crippen molar-refractivity contribution in [2.75, 3.05) is 6.54 Å². The van der Waals surface area contributed by atoms with Crippen LogP contribution in [0.3, 0.4) is 0 Å². The molecule has 1 aliphatic rings. The van der Waals surface area contributed by atoms with Gasteiger partial charge >= 0.3 is 0 Å². The number of furan rings is 1. The van der Waals surface area contributed by atoms with Crippen LogP contribution in [-0.4, -0.2) is 17.4 Å². The van der Waals surface area contributed by atoms with Crippen LogP contribution in [0.25, 0.3) is 0 Å². The van der Waals surface area contributed by atoms with Crippen LogP contribution in [0.4, 0.5) is 0 Å². The molecular weight excluding hydrogens is 318 g/mol. The fourth-order valence-electron chi connectivity index (χ4n) is 2.49. The van der Waals surface area contributed by atoms with Gasteiger partial charge in [-0.1, -0.05) is 30.3 Å². The van der Waals surface area contributed by atoms with Gasteiger partial charge in [-0.05, 0) is 40.5 Å². The molecule has 4 nitrogen and oxygen atoms in total. The van der Waals surface area contributed by atoms with Crippen molar-refractivity contribution in [3.05, 3.63) is 58.5 Å². The van der Waals surface area contributed by atoms with E-state index in [0.717, 1.165) is 10.4 Å². The van der Waals surface area contributed by atoms with E-state index in [4.69, 9.17) is 10.2 Å². The van der Waals surface area contributed by atoms with Crippen LogP contribution in [0.5, 0.6) is 0 Å². The number of hydrogen-bond donors (Lipinski definition) is 1. The molecule has 1 aromatic carbocycles. The lowest BCUT2D eigenvalue weighted by Crippen LogP contribution is -2.46. The zero-order valence-corrected chi connectivity index (χ0v) is 12.8. The standard InChI is InChI=1S/C15H16BrN3O/c1-15(12-7-8-13(16)20-12)10-18-14(17)19(15)9-11-5-3-2-4-6-11/h2-8H,9-10H2,1H3,(H2,17,18). The van der Waals surface area contributed by atoms with Crippen LogP contribution in [0.15, 0.2) is 56.5 Å². The fourth-order valence-corrected chi connectivity index (χ4v) is 2.80. The first-order chi connectivity index (χ1) is 9.59. The maximum Gasteiger partial charge on any atom is 0.192 e. The minimum atomic E-state index is -0.341. The molecule has 2 aromatic rings. The summed E-state index contributed by atoms with van der Waals surface area (Å²) in [6, 6.07) is 14.1. The molecule has 1 aliphatic heterocycles. The van der Waals surface area contributed by atoms with Gasteiger partial charge in [-0.15, -0.1) is 0 Å². The van der Waals surface area contributed by atoms with E-state index in [1.54, 1.807) is 0 Å². The fraction of sp³-hybridized carbons (Fsp3) is 0.267. The third-order valence-electron chi connectivity index (χ3n) is 3.71. The minimum Gasteiger partial charge on any atom is -0.452 e. The second-order valence-electron chi connectivity index (χ2n) is 5.12. The summed E-state index contributed by atoms with van der Waals surface area (Å²) < 4.78 is 6.45. The van der Waals surface area contributed by atoms with Crippen molar-refractivity contribution in [1.29, 1.82) is 0 Å². The van der Waals surface area contributed by atoms with Gasteiger partial charge in [-0.25, -0.2) is 0 Å². The number of guanidine groups is 1. The molecule has 1 unspecified atom stereocenters. The Morgan fingerprint density at radius 1 is 1.30 bits per heavy atom. The summed E-state index contributed by atoms with van der Waals surface area (Å²) in [4.78, 5) is 6.49. The smallest absolute Gasteiger partial charge is 0.192 e. The Bertz CT molecular complexity index is 638. The number of hydrogen-bond acceptors (Lipinski definition) is 4. The van der Waals surface area contributed by atoms with Crippen molar-refractivity contribution in [3.8, 4) is 0 Å². The number of benzene rings is 1. The highest BCUT2D eigenvalue weighted by Gasteiger charge is 2.42. The molecule has 0 aliphatic carbocycles. The maximum atomic E-state index is 6.07. The first-order valence-corrected chi connectivity index (χ1v) is 7.26. The molecule has 20 heavy (non-hydrogen) atoms. The van der Waals surface area contributed by atoms with Gasteiger partial charge in [0.1, 0.15) is 11.3 Å². The number of nitrogens with zero attached hydrogens (tertiary/aromatic N) is 2. The predicted molar refractivity (Wildman–Crippen MR) is 82.2 cm³/mol. The molecular formula is C15H16BrN3O. The average molecular weight is 334 g/mol. The van der Waals surface area contributed by atoms with Gasteiger partial charge in [0.05, 0.1) is 6.54 Å². The molecule has 3 rings (SSSR count). The van der Waals surface area contributed by atoms with Crippen molar-refractivity contribution >= 4 is 21.9 Å². The van der Waals surface area contributed by atoms with E-state index < -0.39 is 0 Å². The summed E-state index contributed by atoms with van der Waals surface area (Å²) in [6.07, 6.45) is 0. The van der Waals surface area contributed by atoms with Crippen molar-refractivity contribution in [1.82, 2.24) is 4.90 Å². The van der Waals surface area contributed by atoms with E-state index in [1.165, 1.54) is 5.56 Å². The molecule has 5 heteroatoms. The quantitative estimate of drug-likeness (QED) is 0.938. The summed E-state index contributed by atoms with van der Waals surface area (Å²) in [5, 5.41) is 0. The predicted octanol–water partition coefficient (Wildman–Crippen LogP) is 3.09. The van der Waals surface area contributed by atoms with Gasteiger partial charge in [-0.2, -0.15) is 0 Å². The Balaban J connectivity index is 1.92. The van der Waals surface area contributed by atoms with Crippen LogP contribution in [-0.2, 0) is 12.1 Å². The van der Waals surface area contributed by atoms with Crippen molar-refractivity contribution in [2.45, 2.75) is 19.0 Å². The Labute approximate surface area is 126 Å². The van der Waals surface area contributed by atoms with Crippen molar-refractivity contribution < 1.29 is 4.42 Å². The summed E-state index contributed by atoms with van der Waals surface area (Å²) in [7, 11) is 0. The Morgan fingerprint density at radius 3 is 2.70 bits per heavy atom. The molecule has 1 atom stereocenters. The van der Waals surface area contributed by atoms with Gasteiger partial charge in [0.25, 0.3) is 0 Å². The van der Waals surface area contributed by atoms with Gasteiger partial charge in [0, 0.05) is 6.54 Å². The van der Waals surface area contributed by atoms with Crippen molar-refractivity contribution in [2.24, 2.45) is 10.7 Å². The topological polar surface area (TPSA) is 54.8 Å². The molecule has 0 amide bonds. The second-order valence-corrected chi connectivity index (χ2v) is 5.91. The van der Waals surface area contributed by atoms with Crippen LogP contribution in [0.2, 0.25) is 0 Å². The van der Waals surface area contributed by atoms with Crippen LogP contribution < -0.4 is 5.73 Å². The number of rotatable bonds is 3. The minimum absolute atomic E-state index is 0.341. The van der Waals surface area contributed by atoms with E-state index in [2.05, 4.69) is 44.9 Å². The zero-order valence-electron chi connectivity index (χ0n) is 11.2. The van der Waals surface area contributed by atoms with Gasteiger partial charge in [-0.3, -0.25) is 4.99 Å². The Morgan fingerprint density at radius 2 is 2.05 bits per heavy atom. The lowest BCUT2D eigenvalue weighted by molar-refractivity contribution is 0.179. The highest BCUT2D eigenvalue weighted by Crippen LogP contribution is 2.35. The largest absolute Gasteiger partial charge is 0.452 e. The number of nitrogens with two attached hydrogens (primary N) is 1. The summed E-state index contributed by atoms with van der Waals surface area (Å²) >= 11 is 3.35. The molecule has 1 aromatic heterocycles. The molecule has 0 fully saturated rings. The monoisotopic (exact) mass is 333 g/mol. The highest BCUT2D eigenvalue weighted by molar-refractivity contribution is 9.10. The van der Waals surface area contributed by atoms with Crippen LogP contribution in [0.1, 0.15) is 18.2 Å². The number of halogens is 1. The first-order valence-electron chi connectivity index (χ1n) is 6.47. The molecule has 0 saturated heterocycles. The van der Waals surface area contributed by atoms with E-state index in [0.29, 0.717) is 19.0 Å². The van der Waals surface area contributed by atoms with Gasteiger partial charge in [0.15, 0.2) is 10.6 Å². The third-order valence-corrected chi connectivity index (χ3v) is 4.13. The molecule has 0 saturated carbocycles. The second kappa shape index (κ2) is 4.98.